The van der Waals surface area contributed by atoms with E-state index in [-0.39, 0.29) is 5.91 Å². The van der Waals surface area contributed by atoms with Crippen molar-refractivity contribution in [2.24, 2.45) is 11.8 Å². The van der Waals surface area contributed by atoms with E-state index in [0.717, 1.165) is 24.4 Å². The first kappa shape index (κ1) is 11.5. The molecule has 1 saturated heterocycles. The average molecular weight is 245 g/mol. The van der Waals surface area contributed by atoms with Crippen molar-refractivity contribution in [2.45, 2.75) is 32.2 Å². The minimum Gasteiger partial charge on any atom is -0.335 e. The summed E-state index contributed by atoms with van der Waals surface area (Å²) in [7, 11) is 0. The second kappa shape index (κ2) is 4.28. The minimum absolute atomic E-state index is 0.124. The summed E-state index contributed by atoms with van der Waals surface area (Å²) in [5, 5.41) is 0. The van der Waals surface area contributed by atoms with Crippen LogP contribution in [-0.4, -0.2) is 23.4 Å². The molecule has 1 saturated carbocycles. The van der Waals surface area contributed by atoms with Crippen molar-refractivity contribution in [3.8, 4) is 0 Å². The first-order chi connectivity index (χ1) is 8.69. The summed E-state index contributed by atoms with van der Waals surface area (Å²) in [4.78, 5) is 14.6. The van der Waals surface area contributed by atoms with Crippen molar-refractivity contribution in [1.29, 1.82) is 0 Å². The highest BCUT2D eigenvalue weighted by Gasteiger charge is 2.40. The summed E-state index contributed by atoms with van der Waals surface area (Å²) >= 11 is 0. The number of piperidine rings is 1. The van der Waals surface area contributed by atoms with Crippen LogP contribution in [0.25, 0.3) is 0 Å². The van der Waals surface area contributed by atoms with Crippen LogP contribution in [0.3, 0.4) is 0 Å². The zero-order valence-corrected chi connectivity index (χ0v) is 10.6. The second-order valence-corrected chi connectivity index (χ2v) is 5.48. The fourth-order valence-corrected chi connectivity index (χ4v) is 3.29. The Labute approximate surface area is 107 Å². The number of nitrogens with zero attached hydrogens (tertiary/aromatic N) is 1. The van der Waals surface area contributed by atoms with E-state index in [9.17, 15) is 4.79 Å². The van der Waals surface area contributed by atoms with Gasteiger partial charge < -0.3 is 10.3 Å². The Hall–Kier alpha value is -1.55. The molecule has 1 aromatic rings. The fraction of sp³-hybridized carbons (Fsp3) is 0.500. The van der Waals surface area contributed by atoms with Crippen LogP contribution in [-0.2, 0) is 0 Å². The van der Waals surface area contributed by atoms with E-state index < -0.39 is 0 Å². The number of anilines is 1. The largest absolute Gasteiger partial charge is 0.335 e. The van der Waals surface area contributed by atoms with E-state index in [0.29, 0.717) is 17.3 Å². The second-order valence-electron chi connectivity index (χ2n) is 5.48. The number of likely N-dealkylation sites (tertiary alicyclic amines) is 1. The first-order valence-corrected chi connectivity index (χ1v) is 6.57. The van der Waals surface area contributed by atoms with Crippen LogP contribution >= 0.6 is 0 Å². The smallest absolute Gasteiger partial charge is 0.256 e. The number of benzene rings is 1. The Morgan fingerprint density at radius 1 is 1.44 bits per heavy atom. The predicted molar refractivity (Wildman–Crippen MR) is 71.2 cm³/mol. The Bertz CT molecular complexity index is 486. The molecule has 1 aliphatic heterocycles. The minimum atomic E-state index is 0.124. The van der Waals surface area contributed by atoms with Gasteiger partial charge in [0.2, 0.25) is 0 Å². The molecular weight excluding hydrogens is 226 g/mol. The number of amides is 1. The first-order valence-electron chi connectivity index (χ1n) is 6.57. The van der Waals surface area contributed by atoms with E-state index in [2.05, 4.69) is 5.43 Å². The monoisotopic (exact) mass is 245 g/mol. The van der Waals surface area contributed by atoms with Gasteiger partial charge in [-0.05, 0) is 44.2 Å². The van der Waals surface area contributed by atoms with E-state index in [1.54, 1.807) is 0 Å². The quantitative estimate of drug-likeness (QED) is 0.618. The Morgan fingerprint density at radius 3 is 2.89 bits per heavy atom. The highest BCUT2D eigenvalue weighted by molar-refractivity contribution is 6.00. The summed E-state index contributed by atoms with van der Waals surface area (Å²) in [5.74, 6) is 6.34. The number of hydrogen-bond donors (Lipinski definition) is 2. The van der Waals surface area contributed by atoms with Gasteiger partial charge in [-0.25, -0.2) is 0 Å². The Morgan fingerprint density at radius 2 is 2.28 bits per heavy atom. The maximum Gasteiger partial charge on any atom is 0.256 e. The molecule has 1 aliphatic carbocycles. The van der Waals surface area contributed by atoms with Gasteiger partial charge in [-0.15, -0.1) is 0 Å². The zero-order valence-electron chi connectivity index (χ0n) is 10.6. The van der Waals surface area contributed by atoms with Gasteiger partial charge in [-0.3, -0.25) is 10.6 Å². The van der Waals surface area contributed by atoms with Gasteiger partial charge in [0.25, 0.3) is 5.91 Å². The molecule has 2 atom stereocenters. The molecule has 2 fully saturated rings. The molecule has 4 nitrogen and oxygen atoms in total. The molecular formula is C14H19N3O. The van der Waals surface area contributed by atoms with Crippen molar-refractivity contribution in [1.82, 2.24) is 4.90 Å². The van der Waals surface area contributed by atoms with E-state index >= 15 is 0 Å². The third-order valence-corrected chi connectivity index (χ3v) is 4.23. The van der Waals surface area contributed by atoms with Gasteiger partial charge in [0, 0.05) is 12.6 Å². The standard InChI is InChI=1S/C14H19N3O/c1-9-2-5-13(16-15)12(6-9)14(18)17-8-10-3-4-11(17)7-10/h2,5-6,10-11,16H,3-4,7-8,15H2,1H3. The SMILES string of the molecule is Cc1ccc(NN)c(C(=O)N2CC3CCC2C3)c1. The highest BCUT2D eigenvalue weighted by Crippen LogP contribution is 2.38. The van der Waals surface area contributed by atoms with E-state index in [1.807, 2.05) is 30.0 Å². The van der Waals surface area contributed by atoms with Crippen LogP contribution in [0.1, 0.15) is 35.2 Å². The third kappa shape index (κ3) is 1.77. The maximum absolute atomic E-state index is 12.6. The molecule has 0 spiro atoms. The fourth-order valence-electron chi connectivity index (χ4n) is 3.29. The van der Waals surface area contributed by atoms with Gasteiger partial charge in [-0.2, -0.15) is 0 Å². The number of rotatable bonds is 2. The van der Waals surface area contributed by atoms with Crippen LogP contribution in [0.2, 0.25) is 0 Å². The van der Waals surface area contributed by atoms with Crippen LogP contribution in [0.4, 0.5) is 5.69 Å². The lowest BCUT2D eigenvalue weighted by molar-refractivity contribution is 0.0704. The van der Waals surface area contributed by atoms with Crippen LogP contribution in [0, 0.1) is 12.8 Å². The molecule has 1 amide bonds. The number of carbonyl (C=O) groups is 1. The van der Waals surface area contributed by atoms with Crippen molar-refractivity contribution >= 4 is 11.6 Å². The van der Waals surface area contributed by atoms with Crippen LogP contribution < -0.4 is 11.3 Å². The summed E-state index contributed by atoms with van der Waals surface area (Å²) in [5.41, 5.74) is 5.12. The van der Waals surface area contributed by atoms with Gasteiger partial charge in [-0.1, -0.05) is 11.6 Å². The molecule has 1 aromatic carbocycles. The molecule has 18 heavy (non-hydrogen) atoms. The normalized spacial score (nSPS) is 25.6. The molecule has 96 valence electrons. The number of hydrazine groups is 1. The lowest BCUT2D eigenvalue weighted by atomic mass is 10.1. The topological polar surface area (TPSA) is 58.4 Å². The number of nitrogens with two attached hydrogens (primary N) is 1. The van der Waals surface area contributed by atoms with Crippen molar-refractivity contribution in [2.75, 3.05) is 12.0 Å². The van der Waals surface area contributed by atoms with E-state index in [4.69, 9.17) is 5.84 Å². The summed E-state index contributed by atoms with van der Waals surface area (Å²) in [6.07, 6.45) is 3.63. The van der Waals surface area contributed by atoms with Crippen molar-refractivity contribution in [3.63, 3.8) is 0 Å². The number of nitrogen functional groups attached to an aromatic ring is 1. The number of carbonyl (C=O) groups excluding carboxylic acids is 1. The molecule has 2 bridgehead atoms. The highest BCUT2D eigenvalue weighted by atomic mass is 16.2. The number of hydrogen-bond acceptors (Lipinski definition) is 3. The zero-order chi connectivity index (χ0) is 12.7. The Kier molecular flexibility index (Phi) is 2.74. The summed E-state index contributed by atoms with van der Waals surface area (Å²) < 4.78 is 0. The lowest BCUT2D eigenvalue weighted by Crippen LogP contribution is -2.38. The number of nitrogens with one attached hydrogen (secondary N) is 1. The van der Waals surface area contributed by atoms with Gasteiger partial charge in [0.05, 0.1) is 11.3 Å². The molecule has 0 aromatic heterocycles. The van der Waals surface area contributed by atoms with Crippen LogP contribution in [0.5, 0.6) is 0 Å². The number of aryl methyl sites for hydroxylation is 1. The molecule has 2 aliphatic rings. The third-order valence-electron chi connectivity index (χ3n) is 4.23. The van der Waals surface area contributed by atoms with Crippen molar-refractivity contribution in [3.05, 3.63) is 29.3 Å². The van der Waals surface area contributed by atoms with Crippen molar-refractivity contribution < 1.29 is 4.79 Å². The van der Waals surface area contributed by atoms with Gasteiger partial charge in [0.1, 0.15) is 0 Å². The lowest BCUT2D eigenvalue weighted by Gasteiger charge is -2.27. The number of fused-ring (bicyclic) bond motifs is 2. The van der Waals surface area contributed by atoms with Gasteiger partial charge >= 0.3 is 0 Å². The molecule has 3 rings (SSSR count). The molecule has 0 radical (unpaired) electrons. The average Bonchev–Trinajstić information content (AvgIpc) is 3.00. The van der Waals surface area contributed by atoms with Gasteiger partial charge in [0.15, 0.2) is 0 Å². The predicted octanol–water partition coefficient (Wildman–Crippen LogP) is 1.91. The summed E-state index contributed by atoms with van der Waals surface area (Å²) in [6, 6.07) is 6.20. The maximum atomic E-state index is 12.6. The summed E-state index contributed by atoms with van der Waals surface area (Å²) in [6.45, 7) is 2.91. The van der Waals surface area contributed by atoms with Crippen LogP contribution in [0.15, 0.2) is 18.2 Å². The molecule has 2 unspecified atom stereocenters. The molecule has 1 heterocycles. The van der Waals surface area contributed by atoms with E-state index in [1.165, 1.54) is 12.8 Å². The Balaban J connectivity index is 1.90. The molecule has 4 heteroatoms. The molecule has 3 N–H and O–H groups in total.